The van der Waals surface area contributed by atoms with E-state index in [1.165, 1.54) is 0 Å². The van der Waals surface area contributed by atoms with Gasteiger partial charge in [-0.1, -0.05) is 17.7 Å². The van der Waals surface area contributed by atoms with Crippen molar-refractivity contribution in [1.29, 1.82) is 0 Å². The van der Waals surface area contributed by atoms with Gasteiger partial charge in [-0.3, -0.25) is 4.98 Å². The smallest absolute Gasteiger partial charge is 0.237 e. The van der Waals surface area contributed by atoms with E-state index in [-0.39, 0.29) is 0 Å². The molecule has 0 fully saturated rings. The summed E-state index contributed by atoms with van der Waals surface area (Å²) in [4.78, 5) is 12.7. The predicted molar refractivity (Wildman–Crippen MR) is 93.3 cm³/mol. The summed E-state index contributed by atoms with van der Waals surface area (Å²) in [5, 5.41) is 0.691. The molecule has 0 aliphatic heterocycles. The lowest BCUT2D eigenvalue weighted by Gasteiger charge is -2.06. The fourth-order valence-electron chi connectivity index (χ4n) is 2.61. The summed E-state index contributed by atoms with van der Waals surface area (Å²) in [7, 11) is 1.96. The van der Waals surface area contributed by atoms with Gasteiger partial charge in [-0.25, -0.2) is 9.97 Å². The van der Waals surface area contributed by atoms with Crippen LogP contribution in [0.15, 0.2) is 61.1 Å². The minimum absolute atomic E-state index is 0.458. The molecule has 2 aromatic heterocycles. The Morgan fingerprint density at radius 1 is 1.04 bits per heavy atom. The van der Waals surface area contributed by atoms with Crippen molar-refractivity contribution in [2.24, 2.45) is 7.05 Å². The van der Waals surface area contributed by atoms with Crippen molar-refractivity contribution in [3.63, 3.8) is 0 Å². The van der Waals surface area contributed by atoms with Crippen LogP contribution in [0.2, 0.25) is 5.02 Å². The van der Waals surface area contributed by atoms with Crippen LogP contribution in [0.4, 0.5) is 0 Å². The van der Waals surface area contributed by atoms with Gasteiger partial charge in [0.1, 0.15) is 11.6 Å². The van der Waals surface area contributed by atoms with Crippen molar-refractivity contribution in [1.82, 2.24) is 19.5 Å². The third kappa shape index (κ3) is 2.59. The zero-order chi connectivity index (χ0) is 16.5. The molecule has 0 bridgehead atoms. The Labute approximate surface area is 143 Å². The number of nitrogens with zero attached hydrogens (tertiary/aromatic N) is 4. The van der Waals surface area contributed by atoms with E-state index in [0.29, 0.717) is 16.7 Å². The molecule has 4 rings (SSSR count). The van der Waals surface area contributed by atoms with Crippen molar-refractivity contribution in [3.05, 3.63) is 66.1 Å². The summed E-state index contributed by atoms with van der Waals surface area (Å²) >= 11 is 6.28. The normalized spacial score (nSPS) is 10.9. The minimum Gasteiger partial charge on any atom is -0.438 e. The molecule has 118 valence electrons. The molecular formula is C18H13ClN4O. The second kappa shape index (κ2) is 5.94. The van der Waals surface area contributed by atoms with E-state index in [4.69, 9.17) is 16.3 Å². The third-order valence-electron chi connectivity index (χ3n) is 3.72. The molecule has 6 heteroatoms. The Hall–Kier alpha value is -2.92. The van der Waals surface area contributed by atoms with Gasteiger partial charge in [0.2, 0.25) is 5.88 Å². The second-order valence-electron chi connectivity index (χ2n) is 5.27. The Kier molecular flexibility index (Phi) is 3.63. The molecule has 0 spiro atoms. The van der Waals surface area contributed by atoms with Crippen LogP contribution in [0, 0.1) is 0 Å². The van der Waals surface area contributed by atoms with E-state index >= 15 is 0 Å². The summed E-state index contributed by atoms with van der Waals surface area (Å²) in [6, 6.07) is 13.4. The van der Waals surface area contributed by atoms with Crippen molar-refractivity contribution >= 4 is 22.6 Å². The average molecular weight is 337 g/mol. The number of fused-ring (bicyclic) bond motifs is 1. The SMILES string of the molecule is Cn1c(-c2ccc(Oc3cnccn3)cc2)nc2cccc(Cl)c21. The quantitative estimate of drug-likeness (QED) is 0.553. The van der Waals surface area contributed by atoms with E-state index in [1.807, 2.05) is 54.1 Å². The number of halogens is 1. The molecule has 0 aliphatic rings. The molecule has 0 unspecified atom stereocenters. The van der Waals surface area contributed by atoms with Gasteiger partial charge in [0.25, 0.3) is 0 Å². The van der Waals surface area contributed by atoms with Gasteiger partial charge in [-0.2, -0.15) is 0 Å². The van der Waals surface area contributed by atoms with Gasteiger partial charge in [0.05, 0.1) is 22.3 Å². The summed E-state index contributed by atoms with van der Waals surface area (Å²) in [6.45, 7) is 0. The van der Waals surface area contributed by atoms with Gasteiger partial charge in [0.15, 0.2) is 0 Å². The Bertz CT molecular complexity index is 997. The molecule has 2 heterocycles. The van der Waals surface area contributed by atoms with Crippen LogP contribution in [0.5, 0.6) is 11.6 Å². The fraction of sp³-hybridized carbons (Fsp3) is 0.0556. The van der Waals surface area contributed by atoms with Crippen molar-refractivity contribution in [3.8, 4) is 23.0 Å². The van der Waals surface area contributed by atoms with Gasteiger partial charge in [-0.15, -0.1) is 0 Å². The first-order valence-electron chi connectivity index (χ1n) is 7.37. The number of hydrogen-bond acceptors (Lipinski definition) is 4. The predicted octanol–water partition coefficient (Wildman–Crippen LogP) is 4.48. The van der Waals surface area contributed by atoms with Crippen LogP contribution in [0.1, 0.15) is 0 Å². The highest BCUT2D eigenvalue weighted by atomic mass is 35.5. The van der Waals surface area contributed by atoms with Crippen LogP contribution in [0.3, 0.4) is 0 Å². The van der Waals surface area contributed by atoms with Crippen molar-refractivity contribution in [2.75, 3.05) is 0 Å². The zero-order valence-corrected chi connectivity index (χ0v) is 13.6. The lowest BCUT2D eigenvalue weighted by Crippen LogP contribution is -1.93. The molecule has 24 heavy (non-hydrogen) atoms. The molecular weight excluding hydrogens is 324 g/mol. The largest absolute Gasteiger partial charge is 0.438 e. The molecule has 4 aromatic rings. The molecule has 0 amide bonds. The summed E-state index contributed by atoms with van der Waals surface area (Å²) in [6.07, 6.45) is 4.76. The number of benzene rings is 2. The van der Waals surface area contributed by atoms with E-state index in [1.54, 1.807) is 18.6 Å². The molecule has 2 aromatic carbocycles. The number of rotatable bonds is 3. The van der Waals surface area contributed by atoms with E-state index in [9.17, 15) is 0 Å². The lowest BCUT2D eigenvalue weighted by atomic mass is 10.2. The Morgan fingerprint density at radius 3 is 2.58 bits per heavy atom. The second-order valence-corrected chi connectivity index (χ2v) is 5.68. The first-order valence-corrected chi connectivity index (χ1v) is 7.75. The summed E-state index contributed by atoms with van der Waals surface area (Å²) in [5.74, 6) is 2.00. The maximum absolute atomic E-state index is 6.28. The topological polar surface area (TPSA) is 52.8 Å². The number of para-hydroxylation sites is 1. The maximum Gasteiger partial charge on any atom is 0.237 e. The highest BCUT2D eigenvalue weighted by Gasteiger charge is 2.12. The highest BCUT2D eigenvalue weighted by molar-refractivity contribution is 6.35. The van der Waals surface area contributed by atoms with E-state index < -0.39 is 0 Å². The Balaban J connectivity index is 1.68. The summed E-state index contributed by atoms with van der Waals surface area (Å²) in [5.41, 5.74) is 2.78. The molecule has 0 N–H and O–H groups in total. The first kappa shape index (κ1) is 14.7. The van der Waals surface area contributed by atoms with E-state index in [2.05, 4.69) is 15.0 Å². The number of aryl methyl sites for hydroxylation is 1. The van der Waals surface area contributed by atoms with Crippen LogP contribution in [-0.4, -0.2) is 19.5 Å². The van der Waals surface area contributed by atoms with Gasteiger partial charge in [0, 0.05) is 25.0 Å². The van der Waals surface area contributed by atoms with Crippen molar-refractivity contribution in [2.45, 2.75) is 0 Å². The van der Waals surface area contributed by atoms with Gasteiger partial charge >= 0.3 is 0 Å². The molecule has 5 nitrogen and oxygen atoms in total. The number of aromatic nitrogens is 4. The number of hydrogen-bond donors (Lipinski definition) is 0. The zero-order valence-electron chi connectivity index (χ0n) is 12.8. The maximum atomic E-state index is 6.28. The monoisotopic (exact) mass is 336 g/mol. The number of imidazole rings is 1. The molecule has 0 radical (unpaired) electrons. The molecule has 0 atom stereocenters. The standard InChI is InChI=1S/C18H13ClN4O/c1-23-17-14(19)3-2-4-15(17)22-18(23)12-5-7-13(8-6-12)24-16-11-20-9-10-21-16/h2-11H,1H3. The molecule has 0 saturated heterocycles. The van der Waals surface area contributed by atoms with E-state index in [0.717, 1.165) is 22.4 Å². The van der Waals surface area contributed by atoms with Crippen LogP contribution in [-0.2, 0) is 7.05 Å². The first-order chi connectivity index (χ1) is 11.7. The summed E-state index contributed by atoms with van der Waals surface area (Å²) < 4.78 is 7.65. The van der Waals surface area contributed by atoms with Gasteiger partial charge < -0.3 is 9.30 Å². The van der Waals surface area contributed by atoms with Crippen molar-refractivity contribution < 1.29 is 4.74 Å². The fourth-order valence-corrected chi connectivity index (χ4v) is 2.91. The number of ether oxygens (including phenoxy) is 1. The molecule has 0 saturated carbocycles. The lowest BCUT2D eigenvalue weighted by molar-refractivity contribution is 0.460. The third-order valence-corrected chi connectivity index (χ3v) is 4.02. The van der Waals surface area contributed by atoms with Gasteiger partial charge in [-0.05, 0) is 36.4 Å². The Morgan fingerprint density at radius 2 is 1.88 bits per heavy atom. The van der Waals surface area contributed by atoms with Crippen LogP contribution >= 0.6 is 11.6 Å². The molecule has 0 aliphatic carbocycles. The minimum atomic E-state index is 0.458. The highest BCUT2D eigenvalue weighted by Crippen LogP contribution is 2.29. The van der Waals surface area contributed by atoms with Crippen LogP contribution in [0.25, 0.3) is 22.4 Å². The van der Waals surface area contributed by atoms with Crippen LogP contribution < -0.4 is 4.74 Å². The average Bonchev–Trinajstić information content (AvgIpc) is 2.95.